The van der Waals surface area contributed by atoms with Gasteiger partial charge >= 0.3 is 23.9 Å². The number of esters is 4. The van der Waals surface area contributed by atoms with E-state index in [-0.39, 0.29) is 11.5 Å². The van der Waals surface area contributed by atoms with Crippen molar-refractivity contribution in [2.45, 2.75) is 57.5 Å². The average Bonchev–Trinajstić information content (AvgIpc) is 3.61. The van der Waals surface area contributed by atoms with Crippen LogP contribution >= 0.6 is 0 Å². The Labute approximate surface area is 352 Å². The lowest BCUT2D eigenvalue weighted by Crippen LogP contribution is -2.41. The Morgan fingerprint density at radius 3 is 1.11 bits per heavy atom. The van der Waals surface area contributed by atoms with E-state index in [0.717, 1.165) is 25.0 Å². The number of rotatable bonds is 22. The van der Waals surface area contributed by atoms with Crippen LogP contribution < -0.4 is 18.9 Å². The van der Waals surface area contributed by atoms with Gasteiger partial charge < -0.3 is 37.9 Å². The highest BCUT2D eigenvalue weighted by Gasteiger charge is 2.51. The highest BCUT2D eigenvalue weighted by atomic mass is 16.8. The van der Waals surface area contributed by atoms with Crippen LogP contribution in [0.1, 0.15) is 39.5 Å². The highest BCUT2D eigenvalue weighted by Crippen LogP contribution is 2.32. The maximum atomic E-state index is 13.2. The molecule has 4 aromatic carbocycles. The van der Waals surface area contributed by atoms with Crippen LogP contribution in [-0.2, 0) is 38.1 Å². The van der Waals surface area contributed by atoms with E-state index in [0.29, 0.717) is 73.5 Å². The quantitative estimate of drug-likeness (QED) is 0.0240. The minimum atomic E-state index is -1.41. The van der Waals surface area contributed by atoms with Crippen molar-refractivity contribution in [3.05, 3.63) is 122 Å². The van der Waals surface area contributed by atoms with Gasteiger partial charge in [-0.25, -0.2) is 19.2 Å². The standard InChI is InChI=1S/C45H46N4O12/c1-5-39(50)56-29-9-7-27-54-35-19-11-31(12-20-35)46-48-33-15-23-37(24-16-33)58-43(52)41-42(61-45(3,4)60-41)44(53)59-38-25-17-34(18-26-38)49-47-32-13-21-36(22-14-32)55-28-8-10-30-57-40(51)6-2/h5-6,11-26,41-42H,1-2,7-10,27-30H2,3-4H3/t41-,42-/m1/s1. The summed E-state index contributed by atoms with van der Waals surface area (Å²) in [6.07, 6.45) is 2.22. The molecule has 1 fully saturated rings. The van der Waals surface area contributed by atoms with Crippen molar-refractivity contribution >= 4 is 46.6 Å². The molecule has 0 saturated carbocycles. The fourth-order valence-corrected chi connectivity index (χ4v) is 5.32. The summed E-state index contributed by atoms with van der Waals surface area (Å²) in [4.78, 5) is 48.6. The summed E-state index contributed by atoms with van der Waals surface area (Å²) in [5.74, 6) is -2.14. The number of benzene rings is 4. The number of carbonyl (C=O) groups excluding carboxylic acids is 4. The van der Waals surface area contributed by atoms with Gasteiger partial charge in [-0.1, -0.05) is 13.2 Å². The first kappa shape index (κ1) is 45.1. The van der Waals surface area contributed by atoms with Gasteiger partial charge in [-0.2, -0.15) is 20.5 Å². The molecule has 2 atom stereocenters. The third-order valence-electron chi connectivity index (χ3n) is 8.34. The lowest BCUT2D eigenvalue weighted by atomic mass is 10.2. The van der Waals surface area contributed by atoms with Crippen LogP contribution in [0, 0.1) is 0 Å². The predicted molar refractivity (Wildman–Crippen MR) is 221 cm³/mol. The SMILES string of the molecule is C=CC(=O)OCCCCOc1ccc(N=Nc2ccc(OC(=O)[C@@H]3OC(C)(C)O[C@H]3C(=O)Oc3ccc(N=Nc4ccc(OCCCCOC(=O)C=C)cc4)cc3)cc2)cc1. The molecule has 16 heteroatoms. The number of unbranched alkanes of at least 4 members (excludes halogenated alkanes) is 2. The van der Waals surface area contributed by atoms with Crippen LogP contribution in [0.5, 0.6) is 23.0 Å². The second-order valence-corrected chi connectivity index (χ2v) is 13.5. The first-order chi connectivity index (χ1) is 29.5. The molecule has 1 aliphatic heterocycles. The molecule has 5 rings (SSSR count). The zero-order valence-corrected chi connectivity index (χ0v) is 33.8. The number of azo groups is 2. The average molecular weight is 835 g/mol. The Morgan fingerprint density at radius 1 is 0.508 bits per heavy atom. The number of hydrogen-bond donors (Lipinski definition) is 0. The second-order valence-electron chi connectivity index (χ2n) is 13.5. The molecule has 0 aliphatic carbocycles. The van der Waals surface area contributed by atoms with Crippen molar-refractivity contribution in [3.63, 3.8) is 0 Å². The van der Waals surface area contributed by atoms with Gasteiger partial charge in [0.2, 0.25) is 0 Å². The third kappa shape index (κ3) is 15.3. The van der Waals surface area contributed by atoms with E-state index in [1.165, 1.54) is 24.3 Å². The molecule has 16 nitrogen and oxygen atoms in total. The smallest absolute Gasteiger partial charge is 0.344 e. The Balaban J connectivity index is 1.05. The van der Waals surface area contributed by atoms with Crippen molar-refractivity contribution in [2.24, 2.45) is 20.5 Å². The predicted octanol–water partition coefficient (Wildman–Crippen LogP) is 9.32. The van der Waals surface area contributed by atoms with Gasteiger partial charge in [-0.05, 0) is 137 Å². The monoisotopic (exact) mass is 834 g/mol. The highest BCUT2D eigenvalue weighted by molar-refractivity contribution is 5.88. The summed E-state index contributed by atoms with van der Waals surface area (Å²) in [5.41, 5.74) is 2.20. The molecule has 0 radical (unpaired) electrons. The minimum Gasteiger partial charge on any atom is -0.494 e. The Kier molecular flexibility index (Phi) is 16.9. The minimum absolute atomic E-state index is 0.191. The van der Waals surface area contributed by atoms with Gasteiger partial charge in [-0.3, -0.25) is 0 Å². The van der Waals surface area contributed by atoms with Crippen LogP contribution in [0.3, 0.4) is 0 Å². The lowest BCUT2D eigenvalue weighted by molar-refractivity contribution is -0.167. The van der Waals surface area contributed by atoms with E-state index in [4.69, 9.17) is 37.9 Å². The summed E-state index contributed by atoms with van der Waals surface area (Å²) in [6, 6.07) is 26.8. The van der Waals surface area contributed by atoms with Crippen LogP contribution in [-0.4, -0.2) is 68.3 Å². The number of nitrogens with zero attached hydrogens (tertiary/aromatic N) is 4. The lowest BCUT2D eigenvalue weighted by Gasteiger charge is -2.16. The molecule has 0 amide bonds. The molecule has 0 spiro atoms. The van der Waals surface area contributed by atoms with Crippen LogP contribution in [0.4, 0.5) is 22.7 Å². The van der Waals surface area contributed by atoms with E-state index < -0.39 is 41.9 Å². The Morgan fingerprint density at radius 2 is 0.803 bits per heavy atom. The summed E-state index contributed by atoms with van der Waals surface area (Å²) < 4.78 is 43.9. The molecule has 0 unspecified atom stereocenters. The summed E-state index contributed by atoms with van der Waals surface area (Å²) in [7, 11) is 0. The van der Waals surface area contributed by atoms with E-state index in [9.17, 15) is 19.2 Å². The summed E-state index contributed by atoms with van der Waals surface area (Å²) >= 11 is 0. The van der Waals surface area contributed by atoms with Crippen molar-refractivity contribution in [2.75, 3.05) is 26.4 Å². The first-order valence-electron chi connectivity index (χ1n) is 19.4. The van der Waals surface area contributed by atoms with Crippen LogP contribution in [0.2, 0.25) is 0 Å². The van der Waals surface area contributed by atoms with Gasteiger partial charge in [0.1, 0.15) is 23.0 Å². The normalized spacial score (nSPS) is 15.5. The van der Waals surface area contributed by atoms with Gasteiger partial charge in [0.05, 0.1) is 49.2 Å². The number of carbonyl (C=O) groups is 4. The fourth-order valence-electron chi connectivity index (χ4n) is 5.32. The fraction of sp³-hybridized carbons (Fsp3) is 0.289. The van der Waals surface area contributed by atoms with E-state index >= 15 is 0 Å². The van der Waals surface area contributed by atoms with Gasteiger partial charge in [0, 0.05) is 12.2 Å². The van der Waals surface area contributed by atoms with Crippen molar-refractivity contribution in [1.29, 1.82) is 0 Å². The topological polar surface area (TPSA) is 192 Å². The molecule has 1 heterocycles. The van der Waals surface area contributed by atoms with Gasteiger partial charge in [-0.15, -0.1) is 0 Å². The molecule has 1 saturated heterocycles. The Hall–Kier alpha value is -7.04. The van der Waals surface area contributed by atoms with Gasteiger partial charge in [0.25, 0.3) is 0 Å². The molecule has 0 N–H and O–H groups in total. The number of hydrogen-bond acceptors (Lipinski definition) is 16. The molecule has 4 aromatic rings. The van der Waals surface area contributed by atoms with Crippen molar-refractivity contribution in [1.82, 2.24) is 0 Å². The summed E-state index contributed by atoms with van der Waals surface area (Å²) in [6.45, 7) is 11.4. The maximum absolute atomic E-state index is 13.2. The molecule has 318 valence electrons. The molecule has 0 bridgehead atoms. The van der Waals surface area contributed by atoms with Crippen LogP contribution in [0.15, 0.2) is 143 Å². The molecule has 61 heavy (non-hydrogen) atoms. The third-order valence-corrected chi connectivity index (χ3v) is 8.34. The van der Waals surface area contributed by atoms with Crippen LogP contribution in [0.25, 0.3) is 0 Å². The zero-order chi connectivity index (χ0) is 43.5. The number of ether oxygens (including phenoxy) is 8. The molecule has 1 aliphatic rings. The molecule has 0 aromatic heterocycles. The Bertz CT molecular complexity index is 2000. The van der Waals surface area contributed by atoms with E-state index in [1.54, 1.807) is 86.6 Å². The van der Waals surface area contributed by atoms with Crippen molar-refractivity contribution < 1.29 is 57.1 Å². The maximum Gasteiger partial charge on any atom is 0.344 e. The van der Waals surface area contributed by atoms with Gasteiger partial charge in [0.15, 0.2) is 18.0 Å². The largest absolute Gasteiger partial charge is 0.494 e. The van der Waals surface area contributed by atoms with E-state index in [1.807, 2.05) is 0 Å². The summed E-state index contributed by atoms with van der Waals surface area (Å²) in [5, 5.41) is 16.9. The first-order valence-corrected chi connectivity index (χ1v) is 19.4. The van der Waals surface area contributed by atoms with Crippen molar-refractivity contribution in [3.8, 4) is 23.0 Å². The molecular weight excluding hydrogens is 789 g/mol. The zero-order valence-electron chi connectivity index (χ0n) is 33.8. The van der Waals surface area contributed by atoms with E-state index in [2.05, 4.69) is 33.6 Å². The second kappa shape index (κ2) is 22.9. The molecular formula is C45H46N4O12.